The van der Waals surface area contributed by atoms with Crippen molar-refractivity contribution in [1.29, 1.82) is 0 Å². The Morgan fingerprint density at radius 3 is 2.39 bits per heavy atom. The number of benzene rings is 3. The zero-order valence-corrected chi connectivity index (χ0v) is 23.9. The zero-order valence-electron chi connectivity index (χ0n) is 23.9. The van der Waals surface area contributed by atoms with Crippen LogP contribution >= 0.6 is 0 Å². The number of aliphatic carboxylic acids is 1. The molecule has 216 valence electrons. The van der Waals surface area contributed by atoms with Crippen LogP contribution in [0, 0.1) is 12.8 Å². The third-order valence-corrected chi connectivity index (χ3v) is 8.12. The molecule has 1 saturated heterocycles. The number of rotatable bonds is 10. The van der Waals surface area contributed by atoms with Crippen LogP contribution in [0.4, 0.5) is 5.69 Å². The maximum absolute atomic E-state index is 14.0. The van der Waals surface area contributed by atoms with Crippen molar-refractivity contribution in [2.24, 2.45) is 5.92 Å². The van der Waals surface area contributed by atoms with Gasteiger partial charge in [-0.3, -0.25) is 14.5 Å². The van der Waals surface area contributed by atoms with Crippen molar-refractivity contribution >= 4 is 17.6 Å². The van der Waals surface area contributed by atoms with Crippen LogP contribution in [0.25, 0.3) is 0 Å². The number of anilines is 1. The lowest BCUT2D eigenvalue weighted by atomic mass is 9.82. The molecule has 0 aliphatic carbocycles. The maximum Gasteiger partial charge on any atom is 0.309 e. The Hall–Kier alpha value is -4.04. The number of hydrogen-bond acceptors (Lipinski definition) is 6. The molecule has 0 aromatic heterocycles. The van der Waals surface area contributed by atoms with E-state index < -0.39 is 17.9 Å². The predicted molar refractivity (Wildman–Crippen MR) is 157 cm³/mol. The van der Waals surface area contributed by atoms with Crippen LogP contribution in [0.3, 0.4) is 0 Å². The lowest BCUT2D eigenvalue weighted by molar-refractivity contribution is -0.143. The lowest BCUT2D eigenvalue weighted by Crippen LogP contribution is -2.42. The van der Waals surface area contributed by atoms with Gasteiger partial charge in [0.2, 0.25) is 5.91 Å². The number of amides is 1. The van der Waals surface area contributed by atoms with Crippen molar-refractivity contribution < 1.29 is 28.9 Å². The average Bonchev–Trinajstić information content (AvgIpc) is 3.37. The normalized spacial score (nSPS) is 20.0. The highest BCUT2D eigenvalue weighted by Crippen LogP contribution is 2.47. The second-order valence-electron chi connectivity index (χ2n) is 10.7. The molecule has 41 heavy (non-hydrogen) atoms. The van der Waals surface area contributed by atoms with E-state index >= 15 is 0 Å². The predicted octanol–water partition coefficient (Wildman–Crippen LogP) is 5.45. The molecule has 0 spiro atoms. The van der Waals surface area contributed by atoms with Crippen molar-refractivity contribution in [3.05, 3.63) is 83.4 Å². The fourth-order valence-electron chi connectivity index (χ4n) is 6.04. The lowest BCUT2D eigenvalue weighted by Gasteiger charge is -2.30. The smallest absolute Gasteiger partial charge is 0.309 e. The molecule has 0 bridgehead atoms. The minimum Gasteiger partial charge on any atom is -0.497 e. The van der Waals surface area contributed by atoms with Crippen LogP contribution in [0.5, 0.6) is 17.2 Å². The zero-order chi connectivity index (χ0) is 28.9. The highest BCUT2D eigenvalue weighted by atomic mass is 16.6. The highest BCUT2D eigenvalue weighted by Gasteiger charge is 2.48. The molecule has 2 aliphatic rings. The number of fused-ring (bicyclic) bond motifs is 1. The first-order valence-corrected chi connectivity index (χ1v) is 14.3. The fraction of sp³-hybridized carbons (Fsp3) is 0.394. The van der Waals surface area contributed by atoms with Crippen LogP contribution in [-0.4, -0.2) is 61.8 Å². The van der Waals surface area contributed by atoms with Gasteiger partial charge < -0.3 is 24.2 Å². The number of hydrogen-bond donors (Lipinski definition) is 1. The van der Waals surface area contributed by atoms with Crippen LogP contribution in [0.2, 0.25) is 0 Å². The number of carboxylic acid groups (broad SMARTS) is 1. The van der Waals surface area contributed by atoms with Gasteiger partial charge in [-0.1, -0.05) is 49.7 Å². The molecule has 2 heterocycles. The summed E-state index contributed by atoms with van der Waals surface area (Å²) in [5.74, 6) is -0.102. The molecule has 5 rings (SSSR count). The number of unbranched alkanes of at least 4 members (excludes halogenated alkanes) is 1. The molecule has 0 radical (unpaired) electrons. The second kappa shape index (κ2) is 12.6. The number of methoxy groups -OCH3 is 1. The molecule has 8 nitrogen and oxygen atoms in total. The summed E-state index contributed by atoms with van der Waals surface area (Å²) in [6.07, 6.45) is 1.83. The summed E-state index contributed by atoms with van der Waals surface area (Å²) in [5.41, 5.74) is 3.62. The Labute approximate surface area is 241 Å². The minimum absolute atomic E-state index is 0.0433. The highest BCUT2D eigenvalue weighted by molar-refractivity contribution is 5.95. The third-order valence-electron chi connectivity index (χ3n) is 8.12. The molecule has 3 aromatic rings. The van der Waals surface area contributed by atoms with E-state index in [1.807, 2.05) is 83.5 Å². The SMILES string of the molecule is CCCCN(C(=O)CN1CC(c2ccc3c(c2)OCCO3)C(C(=O)O)C1c1ccc(OC)cc1)c1ccccc1C. The number of para-hydroxylation sites is 1. The van der Waals surface area contributed by atoms with Gasteiger partial charge in [0.05, 0.1) is 19.6 Å². The first-order valence-electron chi connectivity index (χ1n) is 14.3. The van der Waals surface area contributed by atoms with E-state index in [-0.39, 0.29) is 18.4 Å². The number of carboxylic acids is 1. The average molecular weight is 559 g/mol. The summed E-state index contributed by atoms with van der Waals surface area (Å²) in [6.45, 7) is 6.17. The Kier molecular flexibility index (Phi) is 8.78. The molecule has 3 atom stereocenters. The largest absolute Gasteiger partial charge is 0.497 e. The number of nitrogens with zero attached hydrogens (tertiary/aromatic N) is 2. The number of carbonyl (C=O) groups is 2. The van der Waals surface area contributed by atoms with Gasteiger partial charge in [-0.05, 0) is 60.4 Å². The Bertz CT molecular complexity index is 1370. The molecule has 1 amide bonds. The van der Waals surface area contributed by atoms with E-state index in [4.69, 9.17) is 14.2 Å². The molecule has 2 aliphatic heterocycles. The van der Waals surface area contributed by atoms with Gasteiger partial charge >= 0.3 is 5.97 Å². The number of ether oxygens (including phenoxy) is 3. The van der Waals surface area contributed by atoms with E-state index in [2.05, 4.69) is 6.92 Å². The van der Waals surface area contributed by atoms with Crippen molar-refractivity contribution in [3.63, 3.8) is 0 Å². The Morgan fingerprint density at radius 1 is 1.00 bits per heavy atom. The first-order chi connectivity index (χ1) is 19.9. The van der Waals surface area contributed by atoms with E-state index in [0.29, 0.717) is 43.6 Å². The molecule has 0 saturated carbocycles. The molecule has 3 aromatic carbocycles. The summed E-state index contributed by atoms with van der Waals surface area (Å²) in [6, 6.07) is 20.5. The Morgan fingerprint density at radius 2 is 1.71 bits per heavy atom. The number of carbonyl (C=O) groups excluding carboxylic acids is 1. The molecule has 1 fully saturated rings. The summed E-state index contributed by atoms with van der Waals surface area (Å²) < 4.78 is 16.9. The molecular formula is C33H38N2O6. The van der Waals surface area contributed by atoms with Crippen LogP contribution in [0.15, 0.2) is 66.7 Å². The summed E-state index contributed by atoms with van der Waals surface area (Å²) >= 11 is 0. The van der Waals surface area contributed by atoms with Gasteiger partial charge in [0.1, 0.15) is 19.0 Å². The van der Waals surface area contributed by atoms with Crippen molar-refractivity contribution in [1.82, 2.24) is 4.90 Å². The monoisotopic (exact) mass is 558 g/mol. The molecule has 1 N–H and O–H groups in total. The molecular weight excluding hydrogens is 520 g/mol. The van der Waals surface area contributed by atoms with Crippen molar-refractivity contribution in [2.45, 2.75) is 38.6 Å². The van der Waals surface area contributed by atoms with E-state index in [9.17, 15) is 14.7 Å². The van der Waals surface area contributed by atoms with Gasteiger partial charge in [0, 0.05) is 30.7 Å². The maximum atomic E-state index is 14.0. The van der Waals surface area contributed by atoms with E-state index in [0.717, 1.165) is 35.2 Å². The van der Waals surface area contributed by atoms with Crippen molar-refractivity contribution in [3.8, 4) is 17.2 Å². The fourth-order valence-corrected chi connectivity index (χ4v) is 6.04. The van der Waals surface area contributed by atoms with Crippen molar-refractivity contribution in [2.75, 3.05) is 44.9 Å². The summed E-state index contributed by atoms with van der Waals surface area (Å²) in [5, 5.41) is 10.6. The molecule has 3 unspecified atom stereocenters. The van der Waals surface area contributed by atoms with Crippen LogP contribution in [0.1, 0.15) is 48.4 Å². The van der Waals surface area contributed by atoms with Crippen LogP contribution in [-0.2, 0) is 9.59 Å². The summed E-state index contributed by atoms with van der Waals surface area (Å²) in [7, 11) is 1.60. The Balaban J connectivity index is 1.52. The van der Waals surface area contributed by atoms with Gasteiger partial charge in [-0.2, -0.15) is 0 Å². The van der Waals surface area contributed by atoms with Gasteiger partial charge in [-0.15, -0.1) is 0 Å². The third kappa shape index (κ3) is 6.03. The molecule has 8 heteroatoms. The van der Waals surface area contributed by atoms with Gasteiger partial charge in [-0.25, -0.2) is 0 Å². The summed E-state index contributed by atoms with van der Waals surface area (Å²) in [4.78, 5) is 30.9. The topological polar surface area (TPSA) is 88.5 Å². The van der Waals surface area contributed by atoms with Gasteiger partial charge in [0.15, 0.2) is 11.5 Å². The number of likely N-dealkylation sites (tertiary alicyclic amines) is 1. The number of aryl methyl sites for hydroxylation is 1. The standard InChI is InChI=1S/C33H38N2O6/c1-4-5-16-35(27-9-7-6-8-22(27)2)30(36)21-34-20-26(24-12-15-28-29(19-24)41-18-17-40-28)31(33(37)38)32(34)23-10-13-25(39-3)14-11-23/h6-15,19,26,31-32H,4-5,16-18,20-21H2,1-3H3,(H,37,38). The minimum atomic E-state index is -0.901. The van der Waals surface area contributed by atoms with Crippen LogP contribution < -0.4 is 19.1 Å². The van der Waals surface area contributed by atoms with E-state index in [1.54, 1.807) is 7.11 Å². The second-order valence-corrected chi connectivity index (χ2v) is 10.7. The quantitative estimate of drug-likeness (QED) is 0.354. The van der Waals surface area contributed by atoms with Gasteiger partial charge in [0.25, 0.3) is 0 Å². The van der Waals surface area contributed by atoms with E-state index in [1.165, 1.54) is 0 Å². The first kappa shape index (κ1) is 28.5.